The molecule has 5 nitrogen and oxygen atoms in total. The van der Waals surface area contributed by atoms with Crippen LogP contribution in [-0.2, 0) is 14.2 Å². The summed E-state index contributed by atoms with van der Waals surface area (Å²) in [6.07, 6.45) is 0. The van der Waals surface area contributed by atoms with Crippen LogP contribution in [0.1, 0.15) is 0 Å². The van der Waals surface area contributed by atoms with E-state index in [0.717, 1.165) is 33.1 Å². The van der Waals surface area contributed by atoms with Gasteiger partial charge in [-0.05, 0) is 0 Å². The van der Waals surface area contributed by atoms with Gasteiger partial charge in [-0.3, -0.25) is 5.32 Å². The normalized spacial score (nSPS) is 40.5. The predicted molar refractivity (Wildman–Crippen MR) is 50.9 cm³/mol. The number of hydrogen-bond acceptors (Lipinski definition) is 5. The smallest absolute Gasteiger partial charge is 0.0966 e. The monoisotopic (exact) mass is 202 g/mol. The fourth-order valence-corrected chi connectivity index (χ4v) is 1.80. The van der Waals surface area contributed by atoms with Crippen molar-refractivity contribution in [3.63, 3.8) is 0 Å². The lowest BCUT2D eigenvalue weighted by Gasteiger charge is -2.17. The van der Waals surface area contributed by atoms with Gasteiger partial charge in [0.05, 0.1) is 45.3 Å². The topological polar surface area (TPSA) is 65.7 Å². The first-order valence-electron chi connectivity index (χ1n) is 5.04. The van der Waals surface area contributed by atoms with Crippen molar-refractivity contribution in [2.24, 2.45) is 11.7 Å². The van der Waals surface area contributed by atoms with E-state index in [1.54, 1.807) is 0 Å². The number of nitrogens with one attached hydrogen (secondary N) is 1. The second kappa shape index (κ2) is 4.55. The van der Waals surface area contributed by atoms with Crippen molar-refractivity contribution in [1.82, 2.24) is 5.32 Å². The summed E-state index contributed by atoms with van der Waals surface area (Å²) in [6, 6.07) is 0. The molecule has 0 bridgehead atoms. The molecule has 0 radical (unpaired) electrons. The van der Waals surface area contributed by atoms with E-state index in [4.69, 9.17) is 19.9 Å². The molecule has 0 saturated carbocycles. The fraction of sp³-hybridized carbons (Fsp3) is 1.00. The molecule has 0 aromatic heterocycles. The lowest BCUT2D eigenvalue weighted by molar-refractivity contribution is 0.102. The van der Waals surface area contributed by atoms with Gasteiger partial charge in [0.15, 0.2) is 0 Å². The van der Waals surface area contributed by atoms with Gasteiger partial charge in [0.1, 0.15) is 0 Å². The molecule has 3 saturated heterocycles. The van der Waals surface area contributed by atoms with E-state index >= 15 is 0 Å². The highest BCUT2D eigenvalue weighted by Crippen LogP contribution is 2.28. The molecule has 0 aromatic rings. The quantitative estimate of drug-likeness (QED) is 0.523. The van der Waals surface area contributed by atoms with Crippen molar-refractivity contribution in [3.8, 4) is 0 Å². The van der Waals surface area contributed by atoms with Gasteiger partial charge in [-0.2, -0.15) is 0 Å². The molecule has 3 rings (SSSR count). The minimum atomic E-state index is -0.139. The molecular formula is C9H18N2O3. The summed E-state index contributed by atoms with van der Waals surface area (Å²) in [5.41, 5.74) is 5.78. The molecular weight excluding hydrogens is 184 g/mol. The van der Waals surface area contributed by atoms with E-state index in [9.17, 15) is 0 Å². The van der Waals surface area contributed by atoms with Crippen LogP contribution >= 0.6 is 0 Å². The Bertz CT molecular complexity index is 167. The summed E-state index contributed by atoms with van der Waals surface area (Å²) < 4.78 is 15.3. The Morgan fingerprint density at radius 1 is 1.14 bits per heavy atom. The SMILES string of the molecule is C1COCN1.NC12COCC1COC2. The zero-order valence-corrected chi connectivity index (χ0v) is 8.33. The Labute approximate surface area is 83.9 Å². The molecule has 82 valence electrons. The van der Waals surface area contributed by atoms with Gasteiger partial charge in [0.25, 0.3) is 0 Å². The van der Waals surface area contributed by atoms with Crippen LogP contribution in [0.2, 0.25) is 0 Å². The van der Waals surface area contributed by atoms with Crippen molar-refractivity contribution in [1.29, 1.82) is 0 Å². The Morgan fingerprint density at radius 2 is 1.86 bits per heavy atom. The zero-order valence-electron chi connectivity index (χ0n) is 8.33. The lowest BCUT2D eigenvalue weighted by atomic mass is 9.92. The van der Waals surface area contributed by atoms with Gasteiger partial charge in [-0.15, -0.1) is 0 Å². The molecule has 5 heteroatoms. The summed E-state index contributed by atoms with van der Waals surface area (Å²) in [7, 11) is 0. The van der Waals surface area contributed by atoms with E-state index in [1.165, 1.54) is 0 Å². The van der Waals surface area contributed by atoms with Crippen LogP contribution in [0.4, 0.5) is 0 Å². The first-order chi connectivity index (χ1) is 6.81. The Hall–Kier alpha value is -0.200. The van der Waals surface area contributed by atoms with Crippen molar-refractivity contribution < 1.29 is 14.2 Å². The van der Waals surface area contributed by atoms with Crippen molar-refractivity contribution >= 4 is 0 Å². The van der Waals surface area contributed by atoms with Gasteiger partial charge in [-0.25, -0.2) is 0 Å². The first-order valence-corrected chi connectivity index (χ1v) is 5.04. The standard InChI is InChI=1S/C6H11NO2.C3H7NO/c7-6-3-8-1-5(6)2-9-4-6;1-2-5-3-4-1/h5H,1-4,7H2;4H,1-3H2. The van der Waals surface area contributed by atoms with E-state index in [0.29, 0.717) is 19.1 Å². The highest BCUT2D eigenvalue weighted by atomic mass is 16.5. The van der Waals surface area contributed by atoms with E-state index in [1.807, 2.05) is 0 Å². The molecule has 3 fully saturated rings. The van der Waals surface area contributed by atoms with Crippen LogP contribution in [0.5, 0.6) is 0 Å². The summed E-state index contributed by atoms with van der Waals surface area (Å²) in [6.45, 7) is 5.60. The molecule has 0 aliphatic carbocycles. The van der Waals surface area contributed by atoms with Gasteiger partial charge in [0, 0.05) is 12.5 Å². The number of ether oxygens (including phenoxy) is 3. The molecule has 0 atom stereocenters. The van der Waals surface area contributed by atoms with Crippen LogP contribution in [-0.4, -0.2) is 51.8 Å². The number of rotatable bonds is 0. The van der Waals surface area contributed by atoms with Crippen molar-refractivity contribution in [2.45, 2.75) is 5.54 Å². The molecule has 0 unspecified atom stereocenters. The lowest BCUT2D eigenvalue weighted by Crippen LogP contribution is -2.46. The highest BCUT2D eigenvalue weighted by Gasteiger charge is 2.45. The number of fused-ring (bicyclic) bond motifs is 1. The average molecular weight is 202 g/mol. The molecule has 0 spiro atoms. The summed E-state index contributed by atoms with van der Waals surface area (Å²) >= 11 is 0. The van der Waals surface area contributed by atoms with Crippen LogP contribution < -0.4 is 11.1 Å². The zero-order chi connectivity index (χ0) is 9.86. The van der Waals surface area contributed by atoms with Crippen LogP contribution in [0, 0.1) is 5.92 Å². The van der Waals surface area contributed by atoms with Gasteiger partial charge < -0.3 is 19.9 Å². The Morgan fingerprint density at radius 3 is 2.21 bits per heavy atom. The minimum absolute atomic E-state index is 0.139. The first kappa shape index (κ1) is 10.3. The molecule has 0 amide bonds. The molecule has 3 aliphatic heterocycles. The maximum absolute atomic E-state index is 5.91. The molecule has 3 aliphatic rings. The summed E-state index contributed by atoms with van der Waals surface area (Å²) in [4.78, 5) is 0. The average Bonchev–Trinajstić information content (AvgIpc) is 2.77. The van der Waals surface area contributed by atoms with Crippen LogP contribution in [0.25, 0.3) is 0 Å². The van der Waals surface area contributed by atoms with Crippen molar-refractivity contribution in [2.75, 3.05) is 46.3 Å². The molecule has 0 aromatic carbocycles. The largest absolute Gasteiger partial charge is 0.379 e. The molecule has 14 heavy (non-hydrogen) atoms. The molecule has 3 N–H and O–H groups in total. The summed E-state index contributed by atoms with van der Waals surface area (Å²) in [5.74, 6) is 0.456. The maximum Gasteiger partial charge on any atom is 0.0966 e. The van der Waals surface area contributed by atoms with Crippen molar-refractivity contribution in [3.05, 3.63) is 0 Å². The minimum Gasteiger partial charge on any atom is -0.379 e. The van der Waals surface area contributed by atoms with Gasteiger partial charge in [0.2, 0.25) is 0 Å². The van der Waals surface area contributed by atoms with E-state index in [-0.39, 0.29) is 5.54 Å². The third-order valence-corrected chi connectivity index (χ3v) is 2.82. The van der Waals surface area contributed by atoms with Crippen LogP contribution in [0.3, 0.4) is 0 Å². The maximum atomic E-state index is 5.91. The third kappa shape index (κ3) is 2.24. The van der Waals surface area contributed by atoms with Gasteiger partial charge >= 0.3 is 0 Å². The second-order valence-corrected chi connectivity index (χ2v) is 4.01. The third-order valence-electron chi connectivity index (χ3n) is 2.82. The highest BCUT2D eigenvalue weighted by molar-refractivity contribution is 4.98. The predicted octanol–water partition coefficient (Wildman–Crippen LogP) is -1.08. The van der Waals surface area contributed by atoms with Crippen LogP contribution in [0.15, 0.2) is 0 Å². The summed E-state index contributed by atoms with van der Waals surface area (Å²) in [5, 5.41) is 3.00. The number of hydrogen-bond donors (Lipinski definition) is 2. The Kier molecular flexibility index (Phi) is 3.35. The van der Waals surface area contributed by atoms with E-state index < -0.39 is 0 Å². The number of nitrogens with two attached hydrogens (primary N) is 1. The molecule has 3 heterocycles. The van der Waals surface area contributed by atoms with E-state index in [2.05, 4.69) is 5.32 Å². The second-order valence-electron chi connectivity index (χ2n) is 4.01. The fourth-order valence-electron chi connectivity index (χ4n) is 1.80. The van der Waals surface area contributed by atoms with Gasteiger partial charge in [-0.1, -0.05) is 0 Å². The Balaban J connectivity index is 0.000000128.